The van der Waals surface area contributed by atoms with E-state index in [0.29, 0.717) is 22.0 Å². The zero-order chi connectivity index (χ0) is 33.0. The summed E-state index contributed by atoms with van der Waals surface area (Å²) >= 11 is 5.92. The third kappa shape index (κ3) is 7.55. The number of carbonyl (C=O) groups excluding carboxylic acids is 2. The van der Waals surface area contributed by atoms with E-state index in [0.717, 1.165) is 10.8 Å². The van der Waals surface area contributed by atoms with Crippen LogP contribution < -0.4 is 14.8 Å². The highest BCUT2D eigenvalue weighted by Crippen LogP contribution is 2.31. The van der Waals surface area contributed by atoms with Crippen molar-refractivity contribution in [3.8, 4) is 5.75 Å². The molecule has 0 radical (unpaired) electrons. The van der Waals surface area contributed by atoms with Crippen LogP contribution in [0.1, 0.15) is 19.4 Å². The maximum atomic E-state index is 13.6. The van der Waals surface area contributed by atoms with E-state index in [9.17, 15) is 23.1 Å². The number of aliphatic hydroxyl groups excluding tert-OH is 1. The summed E-state index contributed by atoms with van der Waals surface area (Å²) < 4.78 is 35.2. The summed E-state index contributed by atoms with van der Waals surface area (Å²) in [4.78, 5) is 30.1. The minimum Gasteiger partial charge on any atom is -0.488 e. The van der Waals surface area contributed by atoms with Crippen molar-refractivity contribution in [3.63, 3.8) is 0 Å². The Morgan fingerprint density at radius 3 is 2.54 bits per heavy atom. The van der Waals surface area contributed by atoms with Gasteiger partial charge in [-0.2, -0.15) is 0 Å². The molecule has 3 amide bonds. The largest absolute Gasteiger partial charge is 0.488 e. The van der Waals surface area contributed by atoms with Gasteiger partial charge in [-0.15, -0.1) is 0 Å². The highest BCUT2D eigenvalue weighted by molar-refractivity contribution is 7.92. The van der Waals surface area contributed by atoms with Crippen molar-refractivity contribution in [1.29, 1.82) is 0 Å². The average Bonchev–Trinajstić information content (AvgIpc) is 3.08. The number of rotatable bonds is 8. The standard InChI is InChI=1S/C34H37ClN4O6S/c1-22-19-39(23(2)21-40)33(41)18-25-17-27(37-46(43,44)28-14-11-26(35)12-15-28)13-16-31(25)45-32(22)20-38(3)34(42)36-30-10-6-8-24-7-4-5-9-29(24)30/h4-17,22-23,32,37,40H,18-21H2,1-3H3,(H,36,42)/t22-,23-,32+/m0/s1. The first-order chi connectivity index (χ1) is 21.9. The molecule has 0 saturated carbocycles. The molecule has 0 saturated heterocycles. The first kappa shape index (κ1) is 33.1. The number of fused-ring (bicyclic) bond motifs is 2. The fourth-order valence-corrected chi connectivity index (χ4v) is 6.61. The second kappa shape index (κ2) is 14.0. The van der Waals surface area contributed by atoms with Gasteiger partial charge >= 0.3 is 6.03 Å². The smallest absolute Gasteiger partial charge is 0.321 e. The molecule has 3 N–H and O–H groups in total. The fraction of sp³-hybridized carbons (Fsp3) is 0.294. The molecule has 1 heterocycles. The van der Waals surface area contributed by atoms with Crippen LogP contribution in [0.15, 0.2) is 89.8 Å². The Hall–Kier alpha value is -4.32. The van der Waals surface area contributed by atoms with Gasteiger partial charge in [0, 0.05) is 41.2 Å². The summed E-state index contributed by atoms with van der Waals surface area (Å²) in [5, 5.41) is 15.3. The molecule has 1 aliphatic rings. The number of nitrogens with one attached hydrogen (secondary N) is 2. The van der Waals surface area contributed by atoms with Crippen LogP contribution in [-0.2, 0) is 21.2 Å². The molecule has 242 valence electrons. The summed E-state index contributed by atoms with van der Waals surface area (Å²) in [6.45, 7) is 3.95. The quantitative estimate of drug-likeness (QED) is 0.225. The van der Waals surface area contributed by atoms with Gasteiger partial charge < -0.3 is 25.0 Å². The van der Waals surface area contributed by atoms with Crippen LogP contribution in [-0.4, -0.2) is 74.2 Å². The van der Waals surface area contributed by atoms with Crippen molar-refractivity contribution in [1.82, 2.24) is 9.80 Å². The Bertz CT molecular complexity index is 1830. The summed E-state index contributed by atoms with van der Waals surface area (Å²) in [6, 6.07) is 23.3. The number of carbonyl (C=O) groups is 2. The number of benzene rings is 4. The highest BCUT2D eigenvalue weighted by Gasteiger charge is 2.32. The van der Waals surface area contributed by atoms with Gasteiger partial charge in [0.2, 0.25) is 5.91 Å². The molecule has 3 atom stereocenters. The van der Waals surface area contributed by atoms with Gasteiger partial charge in [0.25, 0.3) is 10.0 Å². The molecular formula is C34H37ClN4O6S. The van der Waals surface area contributed by atoms with E-state index < -0.39 is 22.2 Å². The number of halogens is 1. The van der Waals surface area contributed by atoms with E-state index in [1.54, 1.807) is 37.1 Å². The number of amides is 3. The van der Waals surface area contributed by atoms with E-state index in [1.807, 2.05) is 49.4 Å². The third-order valence-electron chi connectivity index (χ3n) is 8.12. The first-order valence-corrected chi connectivity index (χ1v) is 16.8. The van der Waals surface area contributed by atoms with Crippen LogP contribution in [0.4, 0.5) is 16.2 Å². The minimum absolute atomic E-state index is 0.0365. The maximum Gasteiger partial charge on any atom is 0.321 e. The average molecular weight is 665 g/mol. The SMILES string of the molecule is C[C@H]1CN([C@@H](C)CO)C(=O)Cc2cc(NS(=O)(=O)c3ccc(Cl)cc3)ccc2O[C@@H]1CN(C)C(=O)Nc1cccc2ccccc12. The van der Waals surface area contributed by atoms with Crippen molar-refractivity contribution in [2.75, 3.05) is 36.8 Å². The topological polar surface area (TPSA) is 128 Å². The Balaban J connectivity index is 1.41. The van der Waals surface area contributed by atoms with Gasteiger partial charge in [-0.1, -0.05) is 54.9 Å². The van der Waals surface area contributed by atoms with Gasteiger partial charge in [0.15, 0.2) is 0 Å². The molecule has 0 aromatic heterocycles. The van der Waals surface area contributed by atoms with Gasteiger partial charge in [-0.3, -0.25) is 9.52 Å². The van der Waals surface area contributed by atoms with Gasteiger partial charge in [-0.25, -0.2) is 13.2 Å². The molecule has 4 aromatic rings. The molecule has 5 rings (SSSR count). The number of hydrogen-bond donors (Lipinski definition) is 3. The maximum absolute atomic E-state index is 13.6. The Labute approximate surface area is 274 Å². The van der Waals surface area contributed by atoms with E-state index >= 15 is 0 Å². The fourth-order valence-electron chi connectivity index (χ4n) is 5.44. The van der Waals surface area contributed by atoms with Crippen LogP contribution >= 0.6 is 11.6 Å². The Kier molecular flexibility index (Phi) is 10.0. The lowest BCUT2D eigenvalue weighted by atomic mass is 10.0. The van der Waals surface area contributed by atoms with Crippen molar-refractivity contribution >= 4 is 55.7 Å². The number of anilines is 2. The lowest BCUT2D eigenvalue weighted by Gasteiger charge is -2.34. The number of urea groups is 1. The van der Waals surface area contributed by atoms with Gasteiger partial charge in [0.05, 0.1) is 36.2 Å². The summed E-state index contributed by atoms with van der Waals surface area (Å²) in [5.74, 6) is -0.0699. The molecule has 0 bridgehead atoms. The molecule has 46 heavy (non-hydrogen) atoms. The number of ether oxygens (including phenoxy) is 1. The molecule has 0 fully saturated rings. The number of hydrogen-bond acceptors (Lipinski definition) is 6. The zero-order valence-corrected chi connectivity index (χ0v) is 27.4. The number of nitrogens with zero attached hydrogens (tertiary/aromatic N) is 2. The van der Waals surface area contributed by atoms with Crippen LogP contribution in [0.25, 0.3) is 10.8 Å². The predicted molar refractivity (Wildman–Crippen MR) is 180 cm³/mol. The van der Waals surface area contributed by atoms with Gasteiger partial charge in [0.1, 0.15) is 11.9 Å². The Morgan fingerprint density at radius 1 is 1.09 bits per heavy atom. The van der Waals surface area contributed by atoms with E-state index in [2.05, 4.69) is 10.0 Å². The van der Waals surface area contributed by atoms with Crippen molar-refractivity contribution in [3.05, 3.63) is 95.5 Å². The second-order valence-corrected chi connectivity index (χ2v) is 13.7. The van der Waals surface area contributed by atoms with Crippen molar-refractivity contribution in [2.24, 2.45) is 5.92 Å². The predicted octanol–water partition coefficient (Wildman–Crippen LogP) is 5.61. The van der Waals surface area contributed by atoms with E-state index in [-0.39, 0.29) is 54.6 Å². The second-order valence-electron chi connectivity index (χ2n) is 11.6. The van der Waals surface area contributed by atoms with Crippen LogP contribution in [0.3, 0.4) is 0 Å². The molecule has 1 aliphatic heterocycles. The third-order valence-corrected chi connectivity index (χ3v) is 9.77. The minimum atomic E-state index is -3.94. The normalized spacial score (nSPS) is 17.6. The monoisotopic (exact) mass is 664 g/mol. The number of aliphatic hydroxyl groups is 1. The molecular weight excluding hydrogens is 628 g/mol. The van der Waals surface area contributed by atoms with Crippen LogP contribution in [0.5, 0.6) is 5.75 Å². The lowest BCUT2D eigenvalue weighted by molar-refractivity contribution is -0.134. The van der Waals surface area contributed by atoms with Crippen molar-refractivity contribution < 1.29 is 27.9 Å². The molecule has 0 spiro atoms. The Morgan fingerprint density at radius 2 is 1.80 bits per heavy atom. The van der Waals surface area contributed by atoms with Crippen molar-refractivity contribution in [2.45, 2.75) is 37.3 Å². The number of sulfonamides is 1. The van der Waals surface area contributed by atoms with E-state index in [4.69, 9.17) is 16.3 Å². The van der Waals surface area contributed by atoms with Gasteiger partial charge in [-0.05, 0) is 60.8 Å². The molecule has 0 aliphatic carbocycles. The van der Waals surface area contributed by atoms with E-state index in [1.165, 1.54) is 29.2 Å². The molecule has 0 unspecified atom stereocenters. The van der Waals surface area contributed by atoms with Crippen LogP contribution in [0.2, 0.25) is 5.02 Å². The summed E-state index contributed by atoms with van der Waals surface area (Å²) in [5.41, 5.74) is 1.41. The highest BCUT2D eigenvalue weighted by atomic mass is 35.5. The number of likely N-dealkylation sites (N-methyl/N-ethyl adjacent to an activating group) is 1. The lowest BCUT2D eigenvalue weighted by Crippen LogP contribution is -2.48. The molecule has 12 heteroatoms. The molecule has 10 nitrogen and oxygen atoms in total. The zero-order valence-electron chi connectivity index (χ0n) is 25.8. The molecule has 4 aromatic carbocycles. The summed E-state index contributed by atoms with van der Waals surface area (Å²) in [7, 11) is -2.26. The summed E-state index contributed by atoms with van der Waals surface area (Å²) in [6.07, 6.45) is -0.620. The first-order valence-electron chi connectivity index (χ1n) is 14.9. The van der Waals surface area contributed by atoms with Crippen LogP contribution in [0, 0.1) is 5.92 Å².